The lowest BCUT2D eigenvalue weighted by atomic mass is 9.84. The van der Waals surface area contributed by atoms with Crippen molar-refractivity contribution in [2.24, 2.45) is 0 Å². The van der Waals surface area contributed by atoms with Crippen LogP contribution >= 0.6 is 0 Å². The maximum absolute atomic E-state index is 14.0. The van der Waals surface area contributed by atoms with Gasteiger partial charge in [0.25, 0.3) is 0 Å². The molecule has 6 nitrogen and oxygen atoms in total. The van der Waals surface area contributed by atoms with Crippen molar-refractivity contribution in [2.45, 2.75) is 25.8 Å². The van der Waals surface area contributed by atoms with Gasteiger partial charge in [-0.05, 0) is 23.3 Å². The van der Waals surface area contributed by atoms with Crippen LogP contribution in [0.3, 0.4) is 0 Å². The number of urea groups is 1. The van der Waals surface area contributed by atoms with E-state index in [4.69, 9.17) is 0 Å². The highest BCUT2D eigenvalue weighted by atomic mass is 19.1. The summed E-state index contributed by atoms with van der Waals surface area (Å²) >= 11 is 0. The van der Waals surface area contributed by atoms with Gasteiger partial charge in [-0.15, -0.1) is 0 Å². The summed E-state index contributed by atoms with van der Waals surface area (Å²) in [6.07, 6.45) is 6.87. The summed E-state index contributed by atoms with van der Waals surface area (Å²) in [5, 5.41) is 5.59. The number of benzene rings is 1. The van der Waals surface area contributed by atoms with Crippen LogP contribution in [0.1, 0.15) is 25.0 Å². The summed E-state index contributed by atoms with van der Waals surface area (Å²) in [4.78, 5) is 20.4. The van der Waals surface area contributed by atoms with E-state index in [0.717, 1.165) is 11.4 Å². The Hall–Kier alpha value is -3.22. The van der Waals surface area contributed by atoms with Crippen LogP contribution in [0.25, 0.3) is 5.82 Å². The fourth-order valence-electron chi connectivity index (χ4n) is 2.72. The molecule has 0 aliphatic heterocycles. The zero-order valence-electron chi connectivity index (χ0n) is 15.3. The highest BCUT2D eigenvalue weighted by molar-refractivity contribution is 5.74. The molecule has 140 valence electrons. The van der Waals surface area contributed by atoms with Crippen LogP contribution in [0, 0.1) is 5.82 Å². The van der Waals surface area contributed by atoms with Gasteiger partial charge in [0.15, 0.2) is 0 Å². The number of pyridine rings is 1. The highest BCUT2D eigenvalue weighted by Crippen LogP contribution is 2.24. The minimum atomic E-state index is -0.517. The molecule has 2 aromatic heterocycles. The Kier molecular flexibility index (Phi) is 5.49. The number of rotatable bonds is 6. The van der Waals surface area contributed by atoms with Gasteiger partial charge in [-0.2, -0.15) is 0 Å². The van der Waals surface area contributed by atoms with Crippen molar-refractivity contribution in [3.8, 4) is 5.82 Å². The van der Waals surface area contributed by atoms with Gasteiger partial charge in [-0.3, -0.25) is 4.57 Å². The molecule has 3 rings (SSSR count). The molecular formula is C20H22FN5O. The summed E-state index contributed by atoms with van der Waals surface area (Å²) in [6, 6.07) is 10.1. The zero-order valence-corrected chi connectivity index (χ0v) is 15.3. The Morgan fingerprint density at radius 1 is 1.19 bits per heavy atom. The van der Waals surface area contributed by atoms with Gasteiger partial charge < -0.3 is 10.6 Å². The molecule has 0 radical (unpaired) electrons. The highest BCUT2D eigenvalue weighted by Gasteiger charge is 2.24. The van der Waals surface area contributed by atoms with Crippen LogP contribution in [0.4, 0.5) is 9.18 Å². The van der Waals surface area contributed by atoms with Gasteiger partial charge in [0.1, 0.15) is 18.0 Å². The third-order valence-electron chi connectivity index (χ3n) is 4.33. The first-order chi connectivity index (χ1) is 13.0. The summed E-state index contributed by atoms with van der Waals surface area (Å²) < 4.78 is 15.8. The van der Waals surface area contributed by atoms with Crippen LogP contribution in [-0.4, -0.2) is 27.1 Å². The van der Waals surface area contributed by atoms with E-state index in [1.54, 1.807) is 41.5 Å². The SMILES string of the molecule is CC(C)(CNC(=O)NCc1ccc(-n2ccnc2)nc1)c1ccccc1F. The molecule has 0 spiro atoms. The van der Waals surface area contributed by atoms with Crippen LogP contribution < -0.4 is 10.6 Å². The quantitative estimate of drug-likeness (QED) is 0.703. The second kappa shape index (κ2) is 7.99. The molecule has 0 atom stereocenters. The Morgan fingerprint density at radius 2 is 2.00 bits per heavy atom. The number of carbonyl (C=O) groups excluding carboxylic acids is 1. The van der Waals surface area contributed by atoms with Gasteiger partial charge in [-0.1, -0.05) is 38.1 Å². The van der Waals surface area contributed by atoms with Crippen LogP contribution in [0.5, 0.6) is 0 Å². The molecule has 0 saturated heterocycles. The Balaban J connectivity index is 1.50. The Bertz CT molecular complexity index is 891. The summed E-state index contributed by atoms with van der Waals surface area (Å²) in [5.74, 6) is 0.487. The van der Waals surface area contributed by atoms with Crippen molar-refractivity contribution in [1.82, 2.24) is 25.2 Å². The van der Waals surface area contributed by atoms with E-state index in [1.807, 2.05) is 32.2 Å². The normalized spacial score (nSPS) is 11.2. The van der Waals surface area contributed by atoms with Gasteiger partial charge in [0.2, 0.25) is 0 Å². The standard InChI is InChI=1S/C20H22FN5O/c1-20(2,16-5-3-4-6-17(16)21)13-25-19(27)24-12-15-7-8-18(23-11-15)26-10-9-22-14-26/h3-11,14H,12-13H2,1-2H3,(H2,24,25,27). The lowest BCUT2D eigenvalue weighted by Gasteiger charge is -2.26. The van der Waals surface area contributed by atoms with Crippen LogP contribution in [0.2, 0.25) is 0 Å². The largest absolute Gasteiger partial charge is 0.337 e. The van der Waals surface area contributed by atoms with E-state index >= 15 is 0 Å². The number of halogens is 1. The second-order valence-electron chi connectivity index (χ2n) is 6.89. The average Bonchev–Trinajstić information content (AvgIpc) is 3.20. The average molecular weight is 367 g/mol. The molecule has 0 saturated carbocycles. The molecule has 1 aromatic carbocycles. The predicted octanol–water partition coefficient (Wildman–Crippen LogP) is 3.18. The van der Waals surface area contributed by atoms with Gasteiger partial charge in [0, 0.05) is 37.1 Å². The van der Waals surface area contributed by atoms with Crippen LogP contribution in [-0.2, 0) is 12.0 Å². The van der Waals surface area contributed by atoms with Crippen LogP contribution in [0.15, 0.2) is 61.3 Å². The number of amides is 2. The Morgan fingerprint density at radius 3 is 2.67 bits per heavy atom. The number of nitrogens with zero attached hydrogens (tertiary/aromatic N) is 3. The third kappa shape index (κ3) is 4.69. The first-order valence-corrected chi connectivity index (χ1v) is 8.66. The van der Waals surface area contributed by atoms with Crippen molar-refractivity contribution < 1.29 is 9.18 Å². The number of aromatic nitrogens is 3. The fourth-order valence-corrected chi connectivity index (χ4v) is 2.72. The zero-order chi connectivity index (χ0) is 19.3. The van der Waals surface area contributed by atoms with E-state index in [-0.39, 0.29) is 11.8 Å². The minimum Gasteiger partial charge on any atom is -0.337 e. The summed E-state index contributed by atoms with van der Waals surface area (Å²) in [5.41, 5.74) is 0.934. The lowest BCUT2D eigenvalue weighted by Crippen LogP contribution is -2.42. The maximum atomic E-state index is 14.0. The molecule has 2 amide bonds. The van der Waals surface area contributed by atoms with E-state index in [0.29, 0.717) is 18.7 Å². The monoisotopic (exact) mass is 367 g/mol. The first-order valence-electron chi connectivity index (χ1n) is 8.66. The van der Waals surface area contributed by atoms with E-state index in [2.05, 4.69) is 20.6 Å². The molecule has 7 heteroatoms. The molecule has 0 fully saturated rings. The molecule has 0 unspecified atom stereocenters. The van der Waals surface area contributed by atoms with Crippen molar-refractivity contribution in [2.75, 3.05) is 6.54 Å². The molecule has 0 bridgehead atoms. The number of hydrogen-bond donors (Lipinski definition) is 2. The van der Waals surface area contributed by atoms with E-state index < -0.39 is 5.41 Å². The smallest absolute Gasteiger partial charge is 0.315 e. The summed E-state index contributed by atoms with van der Waals surface area (Å²) in [6.45, 7) is 4.45. The minimum absolute atomic E-state index is 0.270. The van der Waals surface area contributed by atoms with Crippen molar-refractivity contribution in [3.63, 3.8) is 0 Å². The summed E-state index contributed by atoms with van der Waals surface area (Å²) in [7, 11) is 0. The van der Waals surface area contributed by atoms with E-state index in [9.17, 15) is 9.18 Å². The molecule has 2 N–H and O–H groups in total. The third-order valence-corrected chi connectivity index (χ3v) is 4.33. The molecule has 2 heterocycles. The number of hydrogen-bond acceptors (Lipinski definition) is 3. The molecule has 0 aliphatic rings. The topological polar surface area (TPSA) is 71.8 Å². The number of imidazole rings is 1. The molecular weight excluding hydrogens is 345 g/mol. The first kappa shape index (κ1) is 18.6. The van der Waals surface area contributed by atoms with Gasteiger partial charge in [-0.25, -0.2) is 19.2 Å². The number of carbonyl (C=O) groups is 1. The van der Waals surface area contributed by atoms with E-state index in [1.165, 1.54) is 6.07 Å². The maximum Gasteiger partial charge on any atom is 0.315 e. The predicted molar refractivity (Wildman–Crippen MR) is 101 cm³/mol. The second-order valence-corrected chi connectivity index (χ2v) is 6.89. The fraction of sp³-hybridized carbons (Fsp3) is 0.250. The molecule has 27 heavy (non-hydrogen) atoms. The van der Waals surface area contributed by atoms with Crippen molar-refractivity contribution in [3.05, 3.63) is 78.3 Å². The van der Waals surface area contributed by atoms with Gasteiger partial charge in [0.05, 0.1) is 0 Å². The molecule has 0 aliphatic carbocycles. The molecule has 3 aromatic rings. The lowest BCUT2D eigenvalue weighted by molar-refractivity contribution is 0.238. The van der Waals surface area contributed by atoms with Crippen molar-refractivity contribution in [1.29, 1.82) is 0 Å². The van der Waals surface area contributed by atoms with Crippen molar-refractivity contribution >= 4 is 6.03 Å². The van der Waals surface area contributed by atoms with Gasteiger partial charge >= 0.3 is 6.03 Å². The number of nitrogens with one attached hydrogen (secondary N) is 2. The Labute approximate surface area is 157 Å².